The summed E-state index contributed by atoms with van der Waals surface area (Å²) in [7, 11) is 0. The Hall–Kier alpha value is -0.590. The summed E-state index contributed by atoms with van der Waals surface area (Å²) in [6.07, 6.45) is -4.34. The normalized spacial score (nSPS) is 11.8. The SMILES string of the molecule is OCCNCc1cc(Br)cc(C(F)(F)F)c1. The zero-order valence-electron chi connectivity index (χ0n) is 8.31. The fourth-order valence-electron chi connectivity index (χ4n) is 1.23. The number of halogens is 4. The topological polar surface area (TPSA) is 32.3 Å². The highest BCUT2D eigenvalue weighted by atomic mass is 79.9. The summed E-state index contributed by atoms with van der Waals surface area (Å²) in [5.74, 6) is 0. The zero-order chi connectivity index (χ0) is 12.2. The van der Waals surface area contributed by atoms with Crippen molar-refractivity contribution in [2.24, 2.45) is 0 Å². The first-order valence-corrected chi connectivity index (χ1v) is 5.41. The summed E-state index contributed by atoms with van der Waals surface area (Å²) in [6, 6.07) is 3.74. The molecule has 0 aliphatic carbocycles. The number of rotatable bonds is 4. The van der Waals surface area contributed by atoms with Gasteiger partial charge in [0, 0.05) is 17.6 Å². The molecule has 0 saturated heterocycles. The third-order valence-corrected chi connectivity index (χ3v) is 2.36. The molecule has 90 valence electrons. The van der Waals surface area contributed by atoms with E-state index < -0.39 is 11.7 Å². The quantitative estimate of drug-likeness (QED) is 0.837. The average Bonchev–Trinajstić information content (AvgIpc) is 2.16. The highest BCUT2D eigenvalue weighted by Gasteiger charge is 2.30. The van der Waals surface area contributed by atoms with Crippen LogP contribution in [0.25, 0.3) is 0 Å². The maximum Gasteiger partial charge on any atom is 0.416 e. The van der Waals surface area contributed by atoms with E-state index in [4.69, 9.17) is 5.11 Å². The molecule has 1 rings (SSSR count). The molecule has 1 aromatic carbocycles. The van der Waals surface area contributed by atoms with E-state index in [1.54, 1.807) is 6.07 Å². The molecular formula is C10H11BrF3NO. The van der Waals surface area contributed by atoms with E-state index in [0.29, 0.717) is 23.1 Å². The molecule has 16 heavy (non-hydrogen) atoms. The smallest absolute Gasteiger partial charge is 0.395 e. The van der Waals surface area contributed by atoms with Crippen molar-refractivity contribution in [2.75, 3.05) is 13.2 Å². The second-order valence-electron chi connectivity index (χ2n) is 3.25. The average molecular weight is 298 g/mol. The maximum atomic E-state index is 12.5. The number of aliphatic hydroxyl groups is 1. The van der Waals surface area contributed by atoms with E-state index in [0.717, 1.165) is 12.1 Å². The highest BCUT2D eigenvalue weighted by molar-refractivity contribution is 9.10. The molecule has 0 aliphatic rings. The van der Waals surface area contributed by atoms with E-state index in [1.807, 2.05) is 0 Å². The van der Waals surface area contributed by atoms with Crippen molar-refractivity contribution in [1.82, 2.24) is 5.32 Å². The Balaban J connectivity index is 2.82. The van der Waals surface area contributed by atoms with Gasteiger partial charge in [0.2, 0.25) is 0 Å². The minimum atomic E-state index is -4.34. The fraction of sp³-hybridized carbons (Fsp3) is 0.400. The molecular weight excluding hydrogens is 287 g/mol. The first-order valence-electron chi connectivity index (χ1n) is 4.61. The Morgan fingerprint density at radius 1 is 1.25 bits per heavy atom. The van der Waals surface area contributed by atoms with Gasteiger partial charge in [0.25, 0.3) is 0 Å². The van der Waals surface area contributed by atoms with Crippen LogP contribution in [0, 0.1) is 0 Å². The molecule has 0 fully saturated rings. The van der Waals surface area contributed by atoms with Gasteiger partial charge in [-0.3, -0.25) is 0 Å². The molecule has 0 heterocycles. The molecule has 1 aromatic rings. The van der Waals surface area contributed by atoms with Gasteiger partial charge in [-0.25, -0.2) is 0 Å². The Morgan fingerprint density at radius 3 is 2.50 bits per heavy atom. The van der Waals surface area contributed by atoms with Crippen molar-refractivity contribution in [1.29, 1.82) is 0 Å². The summed E-state index contributed by atoms with van der Waals surface area (Å²) in [4.78, 5) is 0. The highest BCUT2D eigenvalue weighted by Crippen LogP contribution is 2.31. The third-order valence-electron chi connectivity index (χ3n) is 1.90. The van der Waals surface area contributed by atoms with Crippen LogP contribution in [0.15, 0.2) is 22.7 Å². The van der Waals surface area contributed by atoms with Crippen molar-refractivity contribution in [2.45, 2.75) is 12.7 Å². The Bertz CT molecular complexity index is 354. The van der Waals surface area contributed by atoms with Gasteiger partial charge in [-0.1, -0.05) is 15.9 Å². The predicted molar refractivity (Wildman–Crippen MR) is 57.9 cm³/mol. The molecule has 2 nitrogen and oxygen atoms in total. The van der Waals surface area contributed by atoms with Crippen LogP contribution in [-0.2, 0) is 12.7 Å². The van der Waals surface area contributed by atoms with Gasteiger partial charge in [-0.15, -0.1) is 0 Å². The Kier molecular flexibility index (Phi) is 4.76. The van der Waals surface area contributed by atoms with Crippen molar-refractivity contribution in [3.05, 3.63) is 33.8 Å². The third kappa shape index (κ3) is 4.11. The molecule has 0 aliphatic heterocycles. The van der Waals surface area contributed by atoms with Crippen LogP contribution in [0.1, 0.15) is 11.1 Å². The molecule has 6 heteroatoms. The standard InChI is InChI=1S/C10H11BrF3NO/c11-9-4-7(6-15-1-2-16)3-8(5-9)10(12,13)14/h3-5,15-16H,1-2,6H2. The second-order valence-corrected chi connectivity index (χ2v) is 4.16. The molecule has 2 N–H and O–H groups in total. The van der Waals surface area contributed by atoms with E-state index in [-0.39, 0.29) is 6.61 Å². The number of alkyl halides is 3. The first kappa shape index (κ1) is 13.5. The maximum absolute atomic E-state index is 12.5. The molecule has 0 amide bonds. The van der Waals surface area contributed by atoms with Gasteiger partial charge in [-0.2, -0.15) is 13.2 Å². The Labute approximate surface area is 99.6 Å². The lowest BCUT2D eigenvalue weighted by atomic mass is 10.1. The summed E-state index contributed by atoms with van der Waals surface area (Å²) < 4.78 is 37.8. The first-order chi connectivity index (χ1) is 7.43. The molecule has 0 radical (unpaired) electrons. The number of benzene rings is 1. The lowest BCUT2D eigenvalue weighted by Crippen LogP contribution is -2.18. The Morgan fingerprint density at radius 2 is 1.94 bits per heavy atom. The summed E-state index contributed by atoms with van der Waals surface area (Å²) >= 11 is 3.04. The van der Waals surface area contributed by atoms with Gasteiger partial charge < -0.3 is 10.4 Å². The van der Waals surface area contributed by atoms with E-state index in [9.17, 15) is 13.2 Å². The second kappa shape index (κ2) is 5.65. The lowest BCUT2D eigenvalue weighted by Gasteiger charge is -2.10. The predicted octanol–water partition coefficient (Wildman–Crippen LogP) is 2.55. The molecule has 0 unspecified atom stereocenters. The summed E-state index contributed by atoms with van der Waals surface area (Å²) in [5.41, 5.74) is -0.155. The number of hydrogen-bond acceptors (Lipinski definition) is 2. The summed E-state index contributed by atoms with van der Waals surface area (Å²) in [6.45, 7) is 0.608. The van der Waals surface area contributed by atoms with Crippen molar-refractivity contribution >= 4 is 15.9 Å². The van der Waals surface area contributed by atoms with E-state index in [2.05, 4.69) is 21.2 Å². The zero-order valence-corrected chi connectivity index (χ0v) is 9.90. The summed E-state index contributed by atoms with van der Waals surface area (Å²) in [5, 5.41) is 11.4. The molecule has 0 spiro atoms. The van der Waals surface area contributed by atoms with Crippen molar-refractivity contribution in [3.63, 3.8) is 0 Å². The van der Waals surface area contributed by atoms with E-state index in [1.165, 1.54) is 0 Å². The minimum absolute atomic E-state index is 0.0415. The monoisotopic (exact) mass is 297 g/mol. The van der Waals surface area contributed by atoms with Gasteiger partial charge in [0.05, 0.1) is 12.2 Å². The van der Waals surface area contributed by atoms with Crippen LogP contribution >= 0.6 is 15.9 Å². The van der Waals surface area contributed by atoms with Crippen LogP contribution in [0.4, 0.5) is 13.2 Å². The van der Waals surface area contributed by atoms with Crippen LogP contribution in [0.2, 0.25) is 0 Å². The van der Waals surface area contributed by atoms with Crippen LogP contribution in [0.5, 0.6) is 0 Å². The van der Waals surface area contributed by atoms with Gasteiger partial charge in [-0.05, 0) is 23.8 Å². The van der Waals surface area contributed by atoms with Gasteiger partial charge in [0.15, 0.2) is 0 Å². The minimum Gasteiger partial charge on any atom is -0.395 e. The molecule has 0 atom stereocenters. The molecule has 0 bridgehead atoms. The largest absolute Gasteiger partial charge is 0.416 e. The van der Waals surface area contributed by atoms with Gasteiger partial charge >= 0.3 is 6.18 Å². The van der Waals surface area contributed by atoms with Crippen LogP contribution in [0.3, 0.4) is 0 Å². The lowest BCUT2D eigenvalue weighted by molar-refractivity contribution is -0.137. The fourth-order valence-corrected chi connectivity index (χ4v) is 1.77. The van der Waals surface area contributed by atoms with Crippen molar-refractivity contribution in [3.8, 4) is 0 Å². The number of hydrogen-bond donors (Lipinski definition) is 2. The number of nitrogens with one attached hydrogen (secondary N) is 1. The number of aliphatic hydroxyl groups excluding tert-OH is 1. The van der Waals surface area contributed by atoms with Crippen LogP contribution < -0.4 is 5.32 Å². The van der Waals surface area contributed by atoms with Gasteiger partial charge in [0.1, 0.15) is 0 Å². The van der Waals surface area contributed by atoms with Crippen LogP contribution in [-0.4, -0.2) is 18.3 Å². The molecule has 0 aromatic heterocycles. The molecule has 0 saturated carbocycles. The van der Waals surface area contributed by atoms with Crippen molar-refractivity contribution < 1.29 is 18.3 Å². The van der Waals surface area contributed by atoms with E-state index >= 15 is 0 Å².